The molecule has 180 valence electrons. The predicted octanol–water partition coefficient (Wildman–Crippen LogP) is 6.45. The molecule has 1 aliphatic heterocycles. The second-order valence-corrected chi connectivity index (χ2v) is 10.3. The average molecular weight is 512 g/mol. The third-order valence-corrected chi connectivity index (χ3v) is 7.51. The Morgan fingerprint density at radius 1 is 0.972 bits per heavy atom. The van der Waals surface area contributed by atoms with E-state index in [1.165, 1.54) is 0 Å². The van der Waals surface area contributed by atoms with Crippen molar-refractivity contribution in [3.8, 4) is 10.9 Å². The standard InChI is InChI=1S/C28H25N5OS2/c1-18(2)34-20-14-12-19(13-15-20)33-26(25(31-27(33)35)22-9-5-6-16-29-22)23-10-7-17-32(23)28-30-21-8-3-4-11-24(21)36-28/h3-18,25-26H,1-2H3,(H,31,35)/t25-,26-/m0/s1. The number of para-hydroxylation sites is 1. The maximum absolute atomic E-state index is 5.90. The summed E-state index contributed by atoms with van der Waals surface area (Å²) in [7, 11) is 0. The molecule has 0 radical (unpaired) electrons. The van der Waals surface area contributed by atoms with Crippen LogP contribution in [0.4, 0.5) is 5.69 Å². The van der Waals surface area contributed by atoms with E-state index in [4.69, 9.17) is 21.9 Å². The van der Waals surface area contributed by atoms with E-state index in [0.717, 1.165) is 38.2 Å². The van der Waals surface area contributed by atoms with E-state index in [-0.39, 0.29) is 18.2 Å². The number of hydrogen-bond donors (Lipinski definition) is 1. The molecule has 4 heterocycles. The molecule has 2 aromatic carbocycles. The lowest BCUT2D eigenvalue weighted by Gasteiger charge is -2.28. The Labute approximate surface area is 219 Å². The normalized spacial score (nSPS) is 17.6. The van der Waals surface area contributed by atoms with Crippen LogP contribution >= 0.6 is 23.6 Å². The van der Waals surface area contributed by atoms with Crippen LogP contribution < -0.4 is 15.0 Å². The number of hydrogen-bond acceptors (Lipinski definition) is 5. The fourth-order valence-electron chi connectivity index (χ4n) is 4.66. The number of fused-ring (bicyclic) bond motifs is 1. The molecule has 0 saturated carbocycles. The van der Waals surface area contributed by atoms with Crippen LogP contribution in [0.3, 0.4) is 0 Å². The predicted molar refractivity (Wildman–Crippen MR) is 149 cm³/mol. The smallest absolute Gasteiger partial charge is 0.194 e. The fourth-order valence-corrected chi connectivity index (χ4v) is 5.98. The second-order valence-electron chi connectivity index (χ2n) is 8.92. The SMILES string of the molecule is CC(C)Oc1ccc(N2C(=S)N[C@@H](c3ccccn3)[C@@H]2c2cccn2-c2nc3ccccc3s2)cc1. The third kappa shape index (κ3) is 4.12. The van der Waals surface area contributed by atoms with Crippen LogP contribution in [0.25, 0.3) is 15.3 Å². The first-order valence-electron chi connectivity index (χ1n) is 11.9. The highest BCUT2D eigenvalue weighted by Crippen LogP contribution is 2.43. The van der Waals surface area contributed by atoms with Gasteiger partial charge in [-0.05, 0) is 86.7 Å². The Hall–Kier alpha value is -3.75. The summed E-state index contributed by atoms with van der Waals surface area (Å²) in [6, 6.07) is 26.3. The Morgan fingerprint density at radius 2 is 1.78 bits per heavy atom. The second kappa shape index (κ2) is 9.37. The molecule has 5 aromatic rings. The van der Waals surface area contributed by atoms with Crippen LogP contribution in [0.2, 0.25) is 0 Å². The summed E-state index contributed by atoms with van der Waals surface area (Å²) in [4.78, 5) is 11.8. The molecule has 0 amide bonds. The van der Waals surface area contributed by atoms with Gasteiger partial charge in [-0.3, -0.25) is 9.55 Å². The topological polar surface area (TPSA) is 55.2 Å². The van der Waals surface area contributed by atoms with Crippen molar-refractivity contribution in [2.75, 3.05) is 4.90 Å². The molecule has 2 atom stereocenters. The van der Waals surface area contributed by atoms with Crippen LogP contribution in [0.1, 0.15) is 37.3 Å². The van der Waals surface area contributed by atoms with Gasteiger partial charge in [0.25, 0.3) is 0 Å². The van der Waals surface area contributed by atoms with Crippen LogP contribution in [0.5, 0.6) is 5.75 Å². The molecule has 6 rings (SSSR count). The van der Waals surface area contributed by atoms with Gasteiger partial charge < -0.3 is 15.0 Å². The van der Waals surface area contributed by atoms with Crippen molar-refractivity contribution >= 4 is 44.6 Å². The molecule has 1 N–H and O–H groups in total. The summed E-state index contributed by atoms with van der Waals surface area (Å²) in [6.07, 6.45) is 4.01. The first kappa shape index (κ1) is 22.7. The minimum Gasteiger partial charge on any atom is -0.491 e. The van der Waals surface area contributed by atoms with Gasteiger partial charge in [0.15, 0.2) is 10.2 Å². The molecular formula is C28H25N5OS2. The van der Waals surface area contributed by atoms with Gasteiger partial charge in [-0.1, -0.05) is 29.5 Å². The number of nitrogens with zero attached hydrogens (tertiary/aromatic N) is 4. The Balaban J connectivity index is 1.46. The lowest BCUT2D eigenvalue weighted by atomic mass is 10.0. The number of aromatic nitrogens is 3. The maximum Gasteiger partial charge on any atom is 0.194 e. The number of nitrogens with one attached hydrogen (secondary N) is 1. The minimum absolute atomic E-state index is 0.115. The molecule has 6 nitrogen and oxygen atoms in total. The van der Waals surface area contributed by atoms with Gasteiger partial charge in [-0.2, -0.15) is 0 Å². The van der Waals surface area contributed by atoms with Gasteiger partial charge in [-0.25, -0.2) is 4.98 Å². The highest BCUT2D eigenvalue weighted by Gasteiger charge is 2.42. The zero-order valence-corrected chi connectivity index (χ0v) is 21.5. The van der Waals surface area contributed by atoms with Crippen molar-refractivity contribution in [1.29, 1.82) is 0 Å². The molecule has 1 aliphatic rings. The summed E-state index contributed by atoms with van der Waals surface area (Å²) in [5.74, 6) is 0.836. The van der Waals surface area contributed by atoms with Crippen molar-refractivity contribution in [3.63, 3.8) is 0 Å². The maximum atomic E-state index is 5.90. The van der Waals surface area contributed by atoms with E-state index in [1.54, 1.807) is 11.3 Å². The van der Waals surface area contributed by atoms with Crippen molar-refractivity contribution in [2.24, 2.45) is 0 Å². The summed E-state index contributed by atoms with van der Waals surface area (Å²) < 4.78 is 9.20. The number of ether oxygens (including phenoxy) is 1. The van der Waals surface area contributed by atoms with Crippen LogP contribution in [-0.2, 0) is 0 Å². The molecule has 1 fully saturated rings. The lowest BCUT2D eigenvalue weighted by Crippen LogP contribution is -2.30. The number of rotatable bonds is 6. The Kier molecular flexibility index (Phi) is 5.91. The highest BCUT2D eigenvalue weighted by molar-refractivity contribution is 7.80. The third-order valence-electron chi connectivity index (χ3n) is 6.16. The zero-order valence-electron chi connectivity index (χ0n) is 19.9. The largest absolute Gasteiger partial charge is 0.491 e. The molecule has 0 bridgehead atoms. The lowest BCUT2D eigenvalue weighted by molar-refractivity contribution is 0.242. The monoisotopic (exact) mass is 511 g/mol. The van der Waals surface area contributed by atoms with E-state index >= 15 is 0 Å². The molecular weight excluding hydrogens is 486 g/mol. The van der Waals surface area contributed by atoms with Crippen molar-refractivity contribution in [2.45, 2.75) is 32.0 Å². The first-order chi connectivity index (χ1) is 17.6. The Bertz CT molecular complexity index is 1480. The van der Waals surface area contributed by atoms with Crippen LogP contribution in [0.15, 0.2) is 91.3 Å². The average Bonchev–Trinajstić information content (AvgIpc) is 3.61. The number of benzene rings is 2. The highest BCUT2D eigenvalue weighted by atomic mass is 32.1. The summed E-state index contributed by atoms with van der Waals surface area (Å²) >= 11 is 7.58. The van der Waals surface area contributed by atoms with Crippen molar-refractivity contribution < 1.29 is 4.74 Å². The number of pyridine rings is 1. The molecule has 0 spiro atoms. The summed E-state index contributed by atoms with van der Waals surface area (Å²) in [6.45, 7) is 4.05. The zero-order chi connectivity index (χ0) is 24.6. The molecule has 1 saturated heterocycles. The fraction of sp³-hybridized carbons (Fsp3) is 0.179. The van der Waals surface area contributed by atoms with Crippen molar-refractivity contribution in [1.82, 2.24) is 19.9 Å². The molecule has 0 aliphatic carbocycles. The van der Waals surface area contributed by atoms with Gasteiger partial charge in [-0.15, -0.1) is 0 Å². The quantitative estimate of drug-likeness (QED) is 0.265. The van der Waals surface area contributed by atoms with Crippen LogP contribution in [0, 0.1) is 0 Å². The van der Waals surface area contributed by atoms with Crippen molar-refractivity contribution in [3.05, 3.63) is 103 Å². The van der Waals surface area contributed by atoms with Gasteiger partial charge in [0.05, 0.1) is 33.8 Å². The number of thiazole rings is 1. The van der Waals surface area contributed by atoms with Gasteiger partial charge >= 0.3 is 0 Å². The van der Waals surface area contributed by atoms with E-state index < -0.39 is 0 Å². The van der Waals surface area contributed by atoms with E-state index in [9.17, 15) is 0 Å². The van der Waals surface area contributed by atoms with Gasteiger partial charge in [0.1, 0.15) is 11.8 Å². The van der Waals surface area contributed by atoms with Gasteiger partial charge in [0.2, 0.25) is 0 Å². The molecule has 3 aromatic heterocycles. The number of anilines is 1. The van der Waals surface area contributed by atoms with Crippen LogP contribution in [-0.4, -0.2) is 25.8 Å². The Morgan fingerprint density at radius 3 is 2.53 bits per heavy atom. The molecule has 8 heteroatoms. The summed E-state index contributed by atoms with van der Waals surface area (Å²) in [5, 5.41) is 5.13. The summed E-state index contributed by atoms with van der Waals surface area (Å²) in [5.41, 5.74) is 4.00. The van der Waals surface area contributed by atoms with Gasteiger partial charge in [0, 0.05) is 18.1 Å². The number of thiocarbonyl (C=S) groups is 1. The molecule has 36 heavy (non-hydrogen) atoms. The van der Waals surface area contributed by atoms with E-state index in [1.807, 2.05) is 62.5 Å². The van der Waals surface area contributed by atoms with E-state index in [0.29, 0.717) is 5.11 Å². The minimum atomic E-state index is -0.133. The molecule has 0 unspecified atom stereocenters. The first-order valence-corrected chi connectivity index (χ1v) is 13.1. The van der Waals surface area contributed by atoms with E-state index in [2.05, 4.69) is 62.4 Å².